The van der Waals surface area contributed by atoms with Crippen LogP contribution in [0, 0.1) is 0 Å². The van der Waals surface area contributed by atoms with Crippen molar-refractivity contribution in [2.24, 2.45) is 0 Å². The Bertz CT molecular complexity index is 877. The van der Waals surface area contributed by atoms with Gasteiger partial charge in [0.25, 0.3) is 15.9 Å². The summed E-state index contributed by atoms with van der Waals surface area (Å²) in [6.45, 7) is 3.07. The number of likely N-dealkylation sites (N-methyl/N-ethyl adjacent to an activating group) is 1. The van der Waals surface area contributed by atoms with Crippen LogP contribution in [-0.4, -0.2) is 62.3 Å². The van der Waals surface area contributed by atoms with Gasteiger partial charge in [0, 0.05) is 43.6 Å². The van der Waals surface area contributed by atoms with Crippen molar-refractivity contribution in [3.05, 3.63) is 53.3 Å². The van der Waals surface area contributed by atoms with Gasteiger partial charge in [0.2, 0.25) is 0 Å². The molecule has 0 atom stereocenters. The molecule has 138 valence electrons. The number of nitrogens with one attached hydrogen (secondary N) is 1. The molecular formula is C17H19ClN4O3S. The van der Waals surface area contributed by atoms with Gasteiger partial charge in [-0.05, 0) is 43.4 Å². The van der Waals surface area contributed by atoms with Crippen LogP contribution >= 0.6 is 11.6 Å². The number of carbonyl (C=O) groups excluding carboxylic acids is 1. The summed E-state index contributed by atoms with van der Waals surface area (Å²) in [6, 6.07) is 9.18. The van der Waals surface area contributed by atoms with Crippen LogP contribution in [-0.2, 0) is 10.0 Å². The number of hydrogen-bond donors (Lipinski definition) is 1. The maximum Gasteiger partial charge on any atom is 0.263 e. The van der Waals surface area contributed by atoms with Gasteiger partial charge < -0.3 is 9.80 Å². The minimum Gasteiger partial charge on any atom is -0.336 e. The molecule has 1 aliphatic rings. The summed E-state index contributed by atoms with van der Waals surface area (Å²) < 4.78 is 27.1. The fourth-order valence-corrected chi connectivity index (χ4v) is 3.72. The van der Waals surface area contributed by atoms with Crippen molar-refractivity contribution in [2.45, 2.75) is 4.90 Å². The Kier molecular flexibility index (Phi) is 5.45. The molecule has 0 unspecified atom stereocenters. The molecule has 0 saturated carbocycles. The lowest BCUT2D eigenvalue weighted by Gasteiger charge is -2.32. The van der Waals surface area contributed by atoms with E-state index < -0.39 is 10.0 Å². The highest BCUT2D eigenvalue weighted by Crippen LogP contribution is 2.18. The van der Waals surface area contributed by atoms with E-state index in [2.05, 4.69) is 14.6 Å². The molecule has 0 aliphatic carbocycles. The van der Waals surface area contributed by atoms with Crippen molar-refractivity contribution < 1.29 is 13.2 Å². The summed E-state index contributed by atoms with van der Waals surface area (Å²) in [6.07, 6.45) is 1.19. The SMILES string of the molecule is CN1CCN(C(=O)c2ccc(NS(=O)(=O)c3ccc(Cl)nc3)cc2)CC1. The minimum absolute atomic E-state index is 0.0134. The zero-order valence-corrected chi connectivity index (χ0v) is 15.8. The fraction of sp³-hybridized carbons (Fsp3) is 0.294. The summed E-state index contributed by atoms with van der Waals surface area (Å²) in [5, 5.41) is 0.218. The molecule has 0 radical (unpaired) electrons. The molecule has 1 fully saturated rings. The Morgan fingerprint density at radius 2 is 1.73 bits per heavy atom. The normalized spacial score (nSPS) is 15.7. The van der Waals surface area contributed by atoms with Crippen molar-refractivity contribution in [1.29, 1.82) is 0 Å². The number of pyridine rings is 1. The van der Waals surface area contributed by atoms with Crippen LogP contribution < -0.4 is 4.72 Å². The van der Waals surface area contributed by atoms with Gasteiger partial charge in [-0.25, -0.2) is 13.4 Å². The quantitative estimate of drug-likeness (QED) is 0.801. The summed E-state index contributed by atoms with van der Waals surface area (Å²) in [7, 11) is -1.74. The van der Waals surface area contributed by atoms with E-state index >= 15 is 0 Å². The van der Waals surface area contributed by atoms with Gasteiger partial charge in [-0.3, -0.25) is 9.52 Å². The van der Waals surface area contributed by atoms with Crippen molar-refractivity contribution in [1.82, 2.24) is 14.8 Å². The third-order valence-corrected chi connectivity index (χ3v) is 5.78. The molecule has 0 bridgehead atoms. The van der Waals surface area contributed by atoms with Gasteiger partial charge in [0.15, 0.2) is 0 Å². The molecule has 1 aliphatic heterocycles. The zero-order chi connectivity index (χ0) is 18.7. The number of aromatic nitrogens is 1. The first kappa shape index (κ1) is 18.6. The highest BCUT2D eigenvalue weighted by Gasteiger charge is 2.20. The first-order chi connectivity index (χ1) is 12.3. The zero-order valence-electron chi connectivity index (χ0n) is 14.2. The summed E-state index contributed by atoms with van der Waals surface area (Å²) in [5.41, 5.74) is 0.903. The third-order valence-electron chi connectivity index (χ3n) is 4.19. The lowest BCUT2D eigenvalue weighted by Crippen LogP contribution is -2.47. The highest BCUT2D eigenvalue weighted by atomic mass is 35.5. The van der Waals surface area contributed by atoms with E-state index in [1.807, 2.05) is 7.05 Å². The Hall–Kier alpha value is -2.16. The Morgan fingerprint density at radius 3 is 2.31 bits per heavy atom. The lowest BCUT2D eigenvalue weighted by atomic mass is 10.1. The molecule has 0 spiro atoms. The molecule has 1 N–H and O–H groups in total. The van der Waals surface area contributed by atoms with E-state index in [0.29, 0.717) is 24.3 Å². The molecule has 1 aromatic carbocycles. The van der Waals surface area contributed by atoms with Crippen LogP contribution in [0.5, 0.6) is 0 Å². The van der Waals surface area contributed by atoms with E-state index in [1.54, 1.807) is 29.2 Å². The van der Waals surface area contributed by atoms with Crippen molar-refractivity contribution >= 4 is 33.2 Å². The number of sulfonamides is 1. The number of amides is 1. The van der Waals surface area contributed by atoms with Gasteiger partial charge in [-0.15, -0.1) is 0 Å². The number of benzene rings is 1. The second-order valence-corrected chi connectivity index (χ2v) is 8.16. The molecule has 2 aromatic rings. The summed E-state index contributed by atoms with van der Waals surface area (Å²) in [5.74, 6) is -0.0468. The first-order valence-corrected chi connectivity index (χ1v) is 9.93. The predicted molar refractivity (Wildman–Crippen MR) is 99.9 cm³/mol. The molecule has 3 rings (SSSR count). The van der Waals surface area contributed by atoms with Gasteiger partial charge in [0.1, 0.15) is 10.0 Å². The topological polar surface area (TPSA) is 82.6 Å². The molecule has 1 amide bonds. The number of nitrogens with zero attached hydrogens (tertiary/aromatic N) is 3. The van der Waals surface area contributed by atoms with Gasteiger partial charge in [0.05, 0.1) is 0 Å². The van der Waals surface area contributed by atoms with E-state index in [9.17, 15) is 13.2 Å². The number of hydrogen-bond acceptors (Lipinski definition) is 5. The van der Waals surface area contributed by atoms with Crippen LogP contribution in [0.3, 0.4) is 0 Å². The molecule has 26 heavy (non-hydrogen) atoms. The number of carbonyl (C=O) groups is 1. The number of piperazine rings is 1. The van der Waals surface area contributed by atoms with Gasteiger partial charge >= 0.3 is 0 Å². The largest absolute Gasteiger partial charge is 0.336 e. The second kappa shape index (κ2) is 7.61. The predicted octanol–water partition coefficient (Wildman–Crippen LogP) is 1.92. The van der Waals surface area contributed by atoms with Gasteiger partial charge in [-0.2, -0.15) is 0 Å². The number of anilines is 1. The van der Waals surface area contributed by atoms with Crippen LogP contribution in [0.1, 0.15) is 10.4 Å². The highest BCUT2D eigenvalue weighted by molar-refractivity contribution is 7.92. The lowest BCUT2D eigenvalue weighted by molar-refractivity contribution is 0.0664. The van der Waals surface area contributed by atoms with E-state index in [4.69, 9.17) is 11.6 Å². The van der Waals surface area contributed by atoms with Crippen molar-refractivity contribution in [2.75, 3.05) is 37.9 Å². The fourth-order valence-electron chi connectivity index (χ4n) is 2.61. The Balaban J connectivity index is 1.69. The molecule has 9 heteroatoms. The Morgan fingerprint density at radius 1 is 1.08 bits per heavy atom. The van der Waals surface area contributed by atoms with Crippen LogP contribution in [0.15, 0.2) is 47.5 Å². The van der Waals surface area contributed by atoms with Crippen molar-refractivity contribution in [3.63, 3.8) is 0 Å². The maximum absolute atomic E-state index is 12.5. The Labute approximate surface area is 157 Å². The van der Waals surface area contributed by atoms with Crippen LogP contribution in [0.2, 0.25) is 5.15 Å². The molecule has 1 saturated heterocycles. The smallest absolute Gasteiger partial charge is 0.263 e. The third kappa shape index (κ3) is 4.32. The van der Waals surface area contributed by atoms with Crippen molar-refractivity contribution in [3.8, 4) is 0 Å². The first-order valence-electron chi connectivity index (χ1n) is 8.07. The maximum atomic E-state index is 12.5. The average Bonchev–Trinajstić information content (AvgIpc) is 2.62. The van der Waals surface area contributed by atoms with E-state index in [-0.39, 0.29) is 16.0 Å². The average molecular weight is 395 g/mol. The molecule has 2 heterocycles. The minimum atomic E-state index is -3.76. The van der Waals surface area contributed by atoms with E-state index in [0.717, 1.165) is 13.1 Å². The second-order valence-electron chi connectivity index (χ2n) is 6.09. The molecule has 7 nitrogen and oxygen atoms in total. The molecular weight excluding hydrogens is 376 g/mol. The van der Waals surface area contributed by atoms with Gasteiger partial charge in [-0.1, -0.05) is 11.6 Å². The van der Waals surface area contributed by atoms with Crippen LogP contribution in [0.25, 0.3) is 0 Å². The summed E-state index contributed by atoms with van der Waals surface area (Å²) in [4.78, 5) is 20.3. The molecule has 1 aromatic heterocycles. The number of rotatable bonds is 4. The standard InChI is InChI=1S/C17H19ClN4O3S/c1-21-8-10-22(11-9-21)17(23)13-2-4-14(5-3-13)20-26(24,25)15-6-7-16(18)19-12-15/h2-7,12,20H,8-11H2,1H3. The van der Waals surface area contributed by atoms with Crippen LogP contribution in [0.4, 0.5) is 5.69 Å². The number of halogens is 1. The summed E-state index contributed by atoms with van der Waals surface area (Å²) >= 11 is 5.68. The monoisotopic (exact) mass is 394 g/mol. The van der Waals surface area contributed by atoms with E-state index in [1.165, 1.54) is 18.3 Å².